The SMILES string of the molecule is CCC(C(=O)NCc1cccc(OC)c1)n1nc(C)n2c(cc3sccc32)c1=O. The molecule has 0 saturated heterocycles. The number of aryl methyl sites for hydroxylation is 1. The number of nitrogens with one attached hydrogen (secondary N) is 1. The molecule has 1 atom stereocenters. The summed E-state index contributed by atoms with van der Waals surface area (Å²) in [5, 5.41) is 9.37. The third kappa shape index (κ3) is 3.40. The van der Waals surface area contributed by atoms with Crippen molar-refractivity contribution in [1.82, 2.24) is 19.5 Å². The normalized spacial score (nSPS) is 12.4. The van der Waals surface area contributed by atoms with E-state index in [2.05, 4.69) is 10.4 Å². The van der Waals surface area contributed by atoms with Crippen LogP contribution in [0.1, 0.15) is 30.8 Å². The maximum atomic E-state index is 13.1. The number of hydrogen-bond acceptors (Lipinski definition) is 5. The minimum absolute atomic E-state index is 0.234. The molecule has 0 bridgehead atoms. The van der Waals surface area contributed by atoms with Crippen LogP contribution in [0.5, 0.6) is 5.75 Å². The maximum Gasteiger partial charge on any atom is 0.291 e. The molecule has 29 heavy (non-hydrogen) atoms. The van der Waals surface area contributed by atoms with Gasteiger partial charge in [0, 0.05) is 6.54 Å². The molecule has 1 aromatic carbocycles. The number of amides is 1. The van der Waals surface area contributed by atoms with E-state index >= 15 is 0 Å². The monoisotopic (exact) mass is 410 g/mol. The Morgan fingerprint density at radius 3 is 2.86 bits per heavy atom. The zero-order chi connectivity index (χ0) is 20.5. The highest BCUT2D eigenvalue weighted by molar-refractivity contribution is 7.17. The molecule has 0 fully saturated rings. The Kier molecular flexibility index (Phi) is 5.10. The highest BCUT2D eigenvalue weighted by atomic mass is 32.1. The average Bonchev–Trinajstić information content (AvgIpc) is 3.32. The van der Waals surface area contributed by atoms with Crippen molar-refractivity contribution in [3.8, 4) is 5.75 Å². The molecule has 8 heteroatoms. The standard InChI is InChI=1S/C21H22N4O3S/c1-4-16(20(26)22-12-14-6-5-7-15(10-14)28-3)25-21(27)18-11-19-17(8-9-29-19)24(18)13(2)23-25/h5-11,16H,4,12H2,1-3H3,(H,22,26). The summed E-state index contributed by atoms with van der Waals surface area (Å²) in [6, 6.07) is 10.7. The summed E-state index contributed by atoms with van der Waals surface area (Å²) in [6.07, 6.45) is 0.460. The third-order valence-corrected chi connectivity index (χ3v) is 5.86. The molecular formula is C21H22N4O3S. The largest absolute Gasteiger partial charge is 0.497 e. The van der Waals surface area contributed by atoms with Crippen LogP contribution in [0.25, 0.3) is 15.7 Å². The van der Waals surface area contributed by atoms with Crippen LogP contribution >= 0.6 is 11.3 Å². The number of ether oxygens (including phenoxy) is 1. The van der Waals surface area contributed by atoms with Crippen LogP contribution in [-0.2, 0) is 11.3 Å². The first-order chi connectivity index (χ1) is 14.0. The van der Waals surface area contributed by atoms with Gasteiger partial charge in [-0.3, -0.25) is 14.0 Å². The van der Waals surface area contributed by atoms with E-state index in [0.29, 0.717) is 24.3 Å². The van der Waals surface area contributed by atoms with Gasteiger partial charge in [-0.25, -0.2) is 4.68 Å². The first-order valence-electron chi connectivity index (χ1n) is 9.42. The van der Waals surface area contributed by atoms with E-state index < -0.39 is 6.04 Å². The first-order valence-corrected chi connectivity index (χ1v) is 10.3. The fourth-order valence-electron chi connectivity index (χ4n) is 3.56. The molecule has 1 unspecified atom stereocenters. The van der Waals surface area contributed by atoms with Gasteiger partial charge in [0.2, 0.25) is 5.91 Å². The highest BCUT2D eigenvalue weighted by Crippen LogP contribution is 2.25. The van der Waals surface area contributed by atoms with E-state index in [9.17, 15) is 9.59 Å². The zero-order valence-corrected chi connectivity index (χ0v) is 17.3. The molecule has 1 amide bonds. The number of methoxy groups -OCH3 is 1. The minimum Gasteiger partial charge on any atom is -0.497 e. The maximum absolute atomic E-state index is 13.1. The number of hydrogen-bond donors (Lipinski definition) is 1. The summed E-state index contributed by atoms with van der Waals surface area (Å²) in [4.78, 5) is 26.0. The summed E-state index contributed by atoms with van der Waals surface area (Å²) in [5.74, 6) is 1.17. The predicted molar refractivity (Wildman–Crippen MR) is 114 cm³/mol. The lowest BCUT2D eigenvalue weighted by Gasteiger charge is -2.18. The third-order valence-electron chi connectivity index (χ3n) is 5.01. The summed E-state index contributed by atoms with van der Waals surface area (Å²) >= 11 is 1.58. The molecule has 7 nitrogen and oxygen atoms in total. The summed E-state index contributed by atoms with van der Waals surface area (Å²) < 4.78 is 9.41. The van der Waals surface area contributed by atoms with Crippen LogP contribution in [0, 0.1) is 6.92 Å². The first kappa shape index (κ1) is 19.2. The van der Waals surface area contributed by atoms with Crippen LogP contribution < -0.4 is 15.6 Å². The van der Waals surface area contributed by atoms with Gasteiger partial charge in [0.05, 0.1) is 17.3 Å². The molecule has 3 heterocycles. The molecule has 3 aromatic heterocycles. The second-order valence-electron chi connectivity index (χ2n) is 6.83. The fraction of sp³-hybridized carbons (Fsp3) is 0.286. The van der Waals surface area contributed by atoms with Gasteiger partial charge in [-0.2, -0.15) is 5.10 Å². The van der Waals surface area contributed by atoms with Crippen molar-refractivity contribution in [1.29, 1.82) is 0 Å². The van der Waals surface area contributed by atoms with E-state index in [1.165, 1.54) is 4.68 Å². The van der Waals surface area contributed by atoms with Gasteiger partial charge in [0.15, 0.2) is 0 Å². The van der Waals surface area contributed by atoms with Crippen molar-refractivity contribution < 1.29 is 9.53 Å². The summed E-state index contributed by atoms with van der Waals surface area (Å²) in [6.45, 7) is 4.07. The number of carbonyl (C=O) groups excluding carboxylic acids is 1. The Bertz CT molecular complexity index is 1250. The Labute approximate surface area is 171 Å². The van der Waals surface area contributed by atoms with E-state index in [4.69, 9.17) is 4.74 Å². The molecule has 0 spiro atoms. The van der Waals surface area contributed by atoms with Crippen molar-refractivity contribution in [2.75, 3.05) is 7.11 Å². The predicted octanol–water partition coefficient (Wildman–Crippen LogP) is 3.30. The molecule has 1 N–H and O–H groups in total. The Morgan fingerprint density at radius 1 is 1.28 bits per heavy atom. The second kappa shape index (κ2) is 7.71. The fourth-order valence-corrected chi connectivity index (χ4v) is 4.37. The van der Waals surface area contributed by atoms with Gasteiger partial charge in [0.25, 0.3) is 5.56 Å². The van der Waals surface area contributed by atoms with E-state index in [1.54, 1.807) is 18.4 Å². The molecule has 4 aromatic rings. The van der Waals surface area contributed by atoms with E-state index in [-0.39, 0.29) is 11.5 Å². The van der Waals surface area contributed by atoms with Crippen molar-refractivity contribution in [2.24, 2.45) is 0 Å². The van der Waals surface area contributed by atoms with Crippen LogP contribution in [0.2, 0.25) is 0 Å². The second-order valence-corrected chi connectivity index (χ2v) is 7.77. The van der Waals surface area contributed by atoms with Gasteiger partial charge >= 0.3 is 0 Å². The van der Waals surface area contributed by atoms with Crippen molar-refractivity contribution in [3.63, 3.8) is 0 Å². The smallest absolute Gasteiger partial charge is 0.291 e. The lowest BCUT2D eigenvalue weighted by atomic mass is 10.2. The Morgan fingerprint density at radius 2 is 2.10 bits per heavy atom. The average molecular weight is 410 g/mol. The number of benzene rings is 1. The summed E-state index contributed by atoms with van der Waals surface area (Å²) in [5.41, 5.74) is 2.17. The quantitative estimate of drug-likeness (QED) is 0.529. The van der Waals surface area contributed by atoms with Gasteiger partial charge in [-0.05, 0) is 48.6 Å². The molecule has 0 radical (unpaired) electrons. The molecule has 4 rings (SSSR count). The van der Waals surface area contributed by atoms with Gasteiger partial charge in [-0.15, -0.1) is 11.3 Å². The molecule has 0 saturated carbocycles. The van der Waals surface area contributed by atoms with Crippen LogP contribution in [-0.4, -0.2) is 27.2 Å². The molecule has 0 aliphatic carbocycles. The minimum atomic E-state index is -0.676. The van der Waals surface area contributed by atoms with Gasteiger partial charge in [0.1, 0.15) is 23.1 Å². The van der Waals surface area contributed by atoms with Crippen LogP contribution in [0.3, 0.4) is 0 Å². The highest BCUT2D eigenvalue weighted by Gasteiger charge is 2.23. The Hall–Kier alpha value is -3.13. The number of nitrogens with zero attached hydrogens (tertiary/aromatic N) is 3. The lowest BCUT2D eigenvalue weighted by molar-refractivity contribution is -0.125. The number of thiophene rings is 1. The number of rotatable bonds is 6. The molecule has 0 aliphatic heterocycles. The topological polar surface area (TPSA) is 77.6 Å². The number of fused-ring (bicyclic) bond motifs is 3. The number of aromatic nitrogens is 3. The lowest BCUT2D eigenvalue weighted by Crippen LogP contribution is -2.39. The van der Waals surface area contributed by atoms with Crippen LogP contribution in [0.4, 0.5) is 0 Å². The van der Waals surface area contributed by atoms with Gasteiger partial charge < -0.3 is 10.1 Å². The Balaban J connectivity index is 1.64. The zero-order valence-electron chi connectivity index (χ0n) is 16.5. The van der Waals surface area contributed by atoms with Crippen molar-refractivity contribution in [3.05, 3.63) is 63.5 Å². The molecule has 0 aliphatic rings. The molecule has 150 valence electrons. The van der Waals surface area contributed by atoms with Crippen molar-refractivity contribution >= 4 is 33.0 Å². The van der Waals surface area contributed by atoms with E-state index in [0.717, 1.165) is 21.5 Å². The van der Waals surface area contributed by atoms with E-state index in [1.807, 2.05) is 60.0 Å². The number of carbonyl (C=O) groups is 1. The van der Waals surface area contributed by atoms with Gasteiger partial charge in [-0.1, -0.05) is 19.1 Å². The van der Waals surface area contributed by atoms with Crippen molar-refractivity contribution in [2.45, 2.75) is 32.9 Å². The summed E-state index contributed by atoms with van der Waals surface area (Å²) in [7, 11) is 1.60. The molecular weight excluding hydrogens is 388 g/mol. The van der Waals surface area contributed by atoms with Crippen LogP contribution in [0.15, 0.2) is 46.6 Å².